The van der Waals surface area contributed by atoms with Gasteiger partial charge in [0.25, 0.3) is 0 Å². The summed E-state index contributed by atoms with van der Waals surface area (Å²) in [6, 6.07) is 6.73. The van der Waals surface area contributed by atoms with E-state index in [4.69, 9.17) is 4.74 Å². The Morgan fingerprint density at radius 2 is 2.21 bits per heavy atom. The number of nitrogens with one attached hydrogen (secondary N) is 1. The van der Waals surface area contributed by atoms with Gasteiger partial charge in [-0.25, -0.2) is 4.79 Å². The van der Waals surface area contributed by atoms with Crippen LogP contribution < -0.4 is 10.2 Å². The van der Waals surface area contributed by atoms with E-state index in [9.17, 15) is 9.90 Å². The number of ether oxygens (including phenoxy) is 1. The zero-order chi connectivity index (χ0) is 13.3. The predicted octanol–water partition coefficient (Wildman–Crippen LogP) is 1.86. The van der Waals surface area contributed by atoms with Crippen LogP contribution in [0, 0.1) is 0 Å². The molecule has 3 rings (SSSR count). The Labute approximate surface area is 112 Å². The Morgan fingerprint density at radius 3 is 3.05 bits per heavy atom. The van der Waals surface area contributed by atoms with E-state index in [0.717, 1.165) is 32.4 Å². The molecule has 0 aliphatic carbocycles. The molecule has 2 saturated heterocycles. The summed E-state index contributed by atoms with van der Waals surface area (Å²) in [5, 5.41) is 12.8. The van der Waals surface area contributed by atoms with E-state index in [-0.39, 0.29) is 17.4 Å². The lowest BCUT2D eigenvalue weighted by Crippen LogP contribution is -2.35. The highest BCUT2D eigenvalue weighted by Gasteiger charge is 2.45. The first kappa shape index (κ1) is 12.3. The van der Waals surface area contributed by atoms with Gasteiger partial charge in [0, 0.05) is 12.5 Å². The first-order valence-corrected chi connectivity index (χ1v) is 6.69. The maximum Gasteiger partial charge on any atom is 0.415 e. The summed E-state index contributed by atoms with van der Waals surface area (Å²) in [5.74, 6) is 0.161. The van der Waals surface area contributed by atoms with Gasteiger partial charge in [0.05, 0.1) is 12.2 Å². The third-order valence-corrected chi connectivity index (χ3v) is 3.86. The van der Waals surface area contributed by atoms with Gasteiger partial charge in [-0.15, -0.1) is 0 Å². The van der Waals surface area contributed by atoms with Crippen LogP contribution in [0.1, 0.15) is 19.3 Å². The largest absolute Gasteiger partial charge is 0.508 e. The first-order chi connectivity index (χ1) is 9.19. The lowest BCUT2D eigenvalue weighted by Gasteiger charge is -2.24. The van der Waals surface area contributed by atoms with Gasteiger partial charge in [-0.1, -0.05) is 6.07 Å². The second-order valence-corrected chi connectivity index (χ2v) is 5.26. The molecule has 19 heavy (non-hydrogen) atoms. The molecule has 2 N–H and O–H groups in total. The van der Waals surface area contributed by atoms with E-state index >= 15 is 0 Å². The summed E-state index contributed by atoms with van der Waals surface area (Å²) < 4.78 is 5.64. The lowest BCUT2D eigenvalue weighted by atomic mass is 9.95. The molecule has 2 heterocycles. The summed E-state index contributed by atoms with van der Waals surface area (Å²) in [6.45, 7) is 2.42. The van der Waals surface area contributed by atoms with Gasteiger partial charge in [0.1, 0.15) is 11.4 Å². The topological polar surface area (TPSA) is 61.8 Å². The number of hydrogen-bond donors (Lipinski definition) is 2. The number of phenolic OH excluding ortho intramolecular Hbond substituents is 1. The van der Waals surface area contributed by atoms with E-state index in [1.165, 1.54) is 0 Å². The number of amides is 1. The van der Waals surface area contributed by atoms with Crippen molar-refractivity contribution in [2.24, 2.45) is 0 Å². The SMILES string of the molecule is O=C1OC2(CCCNCC2)CN1c1cccc(O)c1. The fourth-order valence-corrected chi connectivity index (χ4v) is 2.84. The van der Waals surface area contributed by atoms with Crippen molar-refractivity contribution in [1.29, 1.82) is 0 Å². The van der Waals surface area contributed by atoms with Crippen LogP contribution in [0.5, 0.6) is 5.75 Å². The smallest absolute Gasteiger partial charge is 0.415 e. The second-order valence-electron chi connectivity index (χ2n) is 5.26. The van der Waals surface area contributed by atoms with Crippen LogP contribution in [0.4, 0.5) is 10.5 Å². The Balaban J connectivity index is 1.83. The molecular weight excluding hydrogens is 244 g/mol. The predicted molar refractivity (Wildman–Crippen MR) is 71.4 cm³/mol. The van der Waals surface area contributed by atoms with Crippen molar-refractivity contribution < 1.29 is 14.6 Å². The molecule has 0 aromatic heterocycles. The van der Waals surface area contributed by atoms with Crippen molar-refractivity contribution in [3.8, 4) is 5.75 Å². The molecule has 102 valence electrons. The van der Waals surface area contributed by atoms with Crippen LogP contribution in [-0.4, -0.2) is 36.4 Å². The number of aromatic hydroxyl groups is 1. The minimum Gasteiger partial charge on any atom is -0.508 e. The molecule has 1 unspecified atom stereocenters. The van der Waals surface area contributed by atoms with Crippen LogP contribution in [0.15, 0.2) is 24.3 Å². The number of carbonyl (C=O) groups excluding carboxylic acids is 1. The monoisotopic (exact) mass is 262 g/mol. The molecule has 1 aromatic rings. The minimum atomic E-state index is -0.369. The average molecular weight is 262 g/mol. The first-order valence-electron chi connectivity index (χ1n) is 6.69. The molecular formula is C14H18N2O3. The van der Waals surface area contributed by atoms with Crippen LogP contribution >= 0.6 is 0 Å². The molecule has 2 aliphatic heterocycles. The van der Waals surface area contributed by atoms with Gasteiger partial charge >= 0.3 is 6.09 Å². The van der Waals surface area contributed by atoms with Gasteiger partial charge < -0.3 is 15.2 Å². The van der Waals surface area contributed by atoms with Gasteiger partial charge in [0.15, 0.2) is 0 Å². The summed E-state index contributed by atoms with van der Waals surface area (Å²) in [5.41, 5.74) is 0.325. The molecule has 0 saturated carbocycles. The molecule has 0 bridgehead atoms. The van der Waals surface area contributed by atoms with Crippen molar-refractivity contribution in [1.82, 2.24) is 5.32 Å². The van der Waals surface area contributed by atoms with Gasteiger partial charge in [-0.3, -0.25) is 4.90 Å². The molecule has 5 heteroatoms. The molecule has 2 fully saturated rings. The zero-order valence-corrected chi connectivity index (χ0v) is 10.8. The van der Waals surface area contributed by atoms with E-state index in [1.54, 1.807) is 23.1 Å². The van der Waals surface area contributed by atoms with E-state index in [0.29, 0.717) is 12.2 Å². The van der Waals surface area contributed by atoms with Crippen LogP contribution in [-0.2, 0) is 4.74 Å². The summed E-state index contributed by atoms with van der Waals surface area (Å²) >= 11 is 0. The number of phenols is 1. The van der Waals surface area contributed by atoms with Crippen molar-refractivity contribution in [3.63, 3.8) is 0 Å². The molecule has 2 aliphatic rings. The van der Waals surface area contributed by atoms with Crippen molar-refractivity contribution in [2.45, 2.75) is 24.9 Å². The Hall–Kier alpha value is -1.75. The number of carbonyl (C=O) groups is 1. The van der Waals surface area contributed by atoms with E-state index in [1.807, 2.05) is 6.07 Å². The lowest BCUT2D eigenvalue weighted by molar-refractivity contribution is 0.0470. The van der Waals surface area contributed by atoms with Gasteiger partial charge in [0.2, 0.25) is 0 Å². The summed E-state index contributed by atoms with van der Waals surface area (Å²) in [6.07, 6.45) is 2.43. The van der Waals surface area contributed by atoms with Crippen molar-refractivity contribution in [2.75, 3.05) is 24.5 Å². The summed E-state index contributed by atoms with van der Waals surface area (Å²) in [7, 11) is 0. The number of rotatable bonds is 1. The average Bonchev–Trinajstić information content (AvgIpc) is 2.57. The fourth-order valence-electron chi connectivity index (χ4n) is 2.84. The molecule has 0 radical (unpaired) electrons. The molecule has 1 atom stereocenters. The molecule has 1 amide bonds. The Kier molecular flexibility index (Phi) is 3.06. The molecule has 5 nitrogen and oxygen atoms in total. The van der Waals surface area contributed by atoms with Crippen LogP contribution in [0.3, 0.4) is 0 Å². The normalized spacial score (nSPS) is 27.4. The van der Waals surface area contributed by atoms with Crippen molar-refractivity contribution >= 4 is 11.8 Å². The highest BCUT2D eigenvalue weighted by molar-refractivity contribution is 5.90. The maximum absolute atomic E-state index is 12.1. The Bertz CT molecular complexity index is 481. The highest BCUT2D eigenvalue weighted by Crippen LogP contribution is 2.35. The number of benzene rings is 1. The zero-order valence-electron chi connectivity index (χ0n) is 10.8. The van der Waals surface area contributed by atoms with E-state index in [2.05, 4.69) is 5.32 Å². The standard InChI is InChI=1S/C14H18N2O3/c17-12-4-1-3-11(9-12)16-10-14(19-13(16)18)5-2-7-15-8-6-14/h1,3-4,9,15,17H,2,5-8,10H2. The van der Waals surface area contributed by atoms with Crippen molar-refractivity contribution in [3.05, 3.63) is 24.3 Å². The maximum atomic E-state index is 12.1. The van der Waals surface area contributed by atoms with Crippen LogP contribution in [0.25, 0.3) is 0 Å². The molecule has 1 aromatic carbocycles. The number of anilines is 1. The third kappa shape index (κ3) is 2.38. The summed E-state index contributed by atoms with van der Waals surface area (Å²) in [4.78, 5) is 13.7. The minimum absolute atomic E-state index is 0.161. The number of nitrogens with zero attached hydrogens (tertiary/aromatic N) is 1. The Morgan fingerprint density at radius 1 is 1.32 bits per heavy atom. The quantitative estimate of drug-likeness (QED) is 0.811. The van der Waals surface area contributed by atoms with Gasteiger partial charge in [-0.2, -0.15) is 0 Å². The van der Waals surface area contributed by atoms with E-state index < -0.39 is 0 Å². The second kappa shape index (κ2) is 4.74. The fraction of sp³-hybridized carbons (Fsp3) is 0.500. The third-order valence-electron chi connectivity index (χ3n) is 3.86. The molecule has 1 spiro atoms. The van der Waals surface area contributed by atoms with Gasteiger partial charge in [-0.05, 0) is 38.1 Å². The number of hydrogen-bond acceptors (Lipinski definition) is 4. The highest BCUT2D eigenvalue weighted by atomic mass is 16.6. The van der Waals surface area contributed by atoms with Crippen LogP contribution in [0.2, 0.25) is 0 Å².